The Labute approximate surface area is 112 Å². The number of benzene rings is 1. The van der Waals surface area contributed by atoms with Crippen molar-refractivity contribution in [3.05, 3.63) is 34.9 Å². The first kappa shape index (κ1) is 13.6. The van der Waals surface area contributed by atoms with Gasteiger partial charge in [-0.3, -0.25) is 0 Å². The van der Waals surface area contributed by atoms with E-state index in [1.165, 1.54) is 24.8 Å². The quantitative estimate of drug-likeness (QED) is 0.836. The molecule has 0 bridgehead atoms. The number of hydrogen-bond donors (Lipinski definition) is 1. The van der Waals surface area contributed by atoms with Crippen LogP contribution in [0.2, 0.25) is 0 Å². The zero-order valence-electron chi connectivity index (χ0n) is 12.3. The summed E-state index contributed by atoms with van der Waals surface area (Å²) < 4.78 is 0. The number of likely N-dealkylation sites (N-methyl/N-ethyl adjacent to an activating group) is 1. The zero-order valence-corrected chi connectivity index (χ0v) is 12.3. The molecule has 0 heterocycles. The lowest BCUT2D eigenvalue weighted by Gasteiger charge is -2.27. The summed E-state index contributed by atoms with van der Waals surface area (Å²) in [7, 11) is 2.09. The Kier molecular flexibility index (Phi) is 4.45. The predicted octanol–water partition coefficient (Wildman–Crippen LogP) is 3.60. The van der Waals surface area contributed by atoms with E-state index in [0.29, 0.717) is 12.0 Å². The molecule has 0 amide bonds. The summed E-state index contributed by atoms with van der Waals surface area (Å²) in [6.07, 6.45) is 5.07. The van der Waals surface area contributed by atoms with Crippen LogP contribution in [0.1, 0.15) is 43.9 Å². The van der Waals surface area contributed by atoms with Gasteiger partial charge in [0.2, 0.25) is 0 Å². The molecule has 1 heteroatoms. The van der Waals surface area contributed by atoms with Gasteiger partial charge in [-0.2, -0.15) is 0 Å². The summed E-state index contributed by atoms with van der Waals surface area (Å²) in [5.74, 6) is 1.44. The van der Waals surface area contributed by atoms with Crippen LogP contribution >= 0.6 is 0 Å². The van der Waals surface area contributed by atoms with E-state index in [-0.39, 0.29) is 0 Å². The Morgan fingerprint density at radius 1 is 1.11 bits per heavy atom. The molecule has 1 aliphatic carbocycles. The van der Waals surface area contributed by atoms with Crippen molar-refractivity contribution in [2.24, 2.45) is 11.8 Å². The minimum atomic E-state index is 0.587. The highest BCUT2D eigenvalue weighted by molar-refractivity contribution is 5.35. The first-order valence-electron chi connectivity index (χ1n) is 7.39. The molecule has 100 valence electrons. The zero-order chi connectivity index (χ0) is 13.1. The maximum atomic E-state index is 3.50. The van der Waals surface area contributed by atoms with Crippen LogP contribution < -0.4 is 5.32 Å². The number of hydrogen-bond acceptors (Lipinski definition) is 1. The molecule has 1 aromatic rings. The standard InChI is InChI=1S/C17H27N/c1-12(2)13(3)17(18-4)11-14-8-9-15-6-5-7-16(15)10-14/h8-10,12-13,17-18H,5-7,11H2,1-4H3. The van der Waals surface area contributed by atoms with Gasteiger partial charge in [-0.15, -0.1) is 0 Å². The molecule has 1 N–H and O–H groups in total. The van der Waals surface area contributed by atoms with Crippen molar-refractivity contribution in [3.8, 4) is 0 Å². The monoisotopic (exact) mass is 245 g/mol. The van der Waals surface area contributed by atoms with Crippen LogP contribution in [0.25, 0.3) is 0 Å². The van der Waals surface area contributed by atoms with Gasteiger partial charge in [-0.05, 0) is 61.3 Å². The Morgan fingerprint density at radius 3 is 2.50 bits per heavy atom. The maximum Gasteiger partial charge on any atom is 0.0132 e. The SMILES string of the molecule is CNC(Cc1ccc2c(c1)CCC2)C(C)C(C)C. The van der Waals surface area contributed by atoms with Crippen LogP contribution in [0, 0.1) is 11.8 Å². The number of fused-ring (bicyclic) bond motifs is 1. The summed E-state index contributed by atoms with van der Waals surface area (Å²) in [5, 5.41) is 3.50. The Morgan fingerprint density at radius 2 is 1.83 bits per heavy atom. The fourth-order valence-corrected chi connectivity index (χ4v) is 3.02. The largest absolute Gasteiger partial charge is 0.316 e. The van der Waals surface area contributed by atoms with Gasteiger partial charge in [0.15, 0.2) is 0 Å². The highest BCUT2D eigenvalue weighted by Gasteiger charge is 2.19. The fourth-order valence-electron chi connectivity index (χ4n) is 3.02. The van der Waals surface area contributed by atoms with Crippen molar-refractivity contribution in [2.75, 3.05) is 7.05 Å². The summed E-state index contributed by atoms with van der Waals surface area (Å²) >= 11 is 0. The summed E-state index contributed by atoms with van der Waals surface area (Å²) in [5.41, 5.74) is 4.68. The van der Waals surface area contributed by atoms with Gasteiger partial charge in [0, 0.05) is 6.04 Å². The number of aryl methyl sites for hydroxylation is 2. The van der Waals surface area contributed by atoms with Crippen molar-refractivity contribution in [3.63, 3.8) is 0 Å². The molecule has 2 unspecified atom stereocenters. The van der Waals surface area contributed by atoms with E-state index in [2.05, 4.69) is 51.3 Å². The second-order valence-corrected chi connectivity index (χ2v) is 6.16. The van der Waals surface area contributed by atoms with Gasteiger partial charge in [-0.1, -0.05) is 39.0 Å². The topological polar surface area (TPSA) is 12.0 Å². The van der Waals surface area contributed by atoms with Crippen molar-refractivity contribution < 1.29 is 0 Å². The molecule has 0 radical (unpaired) electrons. The molecular formula is C17H27N. The normalized spacial score (nSPS) is 17.8. The van der Waals surface area contributed by atoms with E-state index >= 15 is 0 Å². The number of rotatable bonds is 5. The van der Waals surface area contributed by atoms with Crippen LogP contribution in [0.5, 0.6) is 0 Å². The Bertz CT molecular complexity index is 395. The fraction of sp³-hybridized carbons (Fsp3) is 0.647. The summed E-state index contributed by atoms with van der Waals surface area (Å²) in [6, 6.07) is 7.72. The third kappa shape index (κ3) is 2.95. The molecule has 1 aromatic carbocycles. The highest BCUT2D eigenvalue weighted by atomic mass is 14.9. The van der Waals surface area contributed by atoms with Crippen molar-refractivity contribution >= 4 is 0 Å². The third-order valence-corrected chi connectivity index (χ3v) is 4.68. The van der Waals surface area contributed by atoms with Gasteiger partial charge < -0.3 is 5.32 Å². The van der Waals surface area contributed by atoms with Gasteiger partial charge in [-0.25, -0.2) is 0 Å². The highest BCUT2D eigenvalue weighted by Crippen LogP contribution is 2.25. The summed E-state index contributed by atoms with van der Waals surface area (Å²) in [6.45, 7) is 6.99. The molecule has 1 aliphatic rings. The average Bonchev–Trinajstić information content (AvgIpc) is 2.82. The van der Waals surface area contributed by atoms with E-state index in [0.717, 1.165) is 12.3 Å². The van der Waals surface area contributed by atoms with Gasteiger partial charge in [0.1, 0.15) is 0 Å². The molecule has 2 atom stereocenters. The molecule has 2 rings (SSSR count). The van der Waals surface area contributed by atoms with E-state index in [9.17, 15) is 0 Å². The Hall–Kier alpha value is -0.820. The molecule has 0 spiro atoms. The molecule has 0 saturated carbocycles. The first-order valence-corrected chi connectivity index (χ1v) is 7.39. The van der Waals surface area contributed by atoms with Crippen molar-refractivity contribution in [2.45, 2.75) is 52.5 Å². The molecule has 1 nitrogen and oxygen atoms in total. The molecule has 0 fully saturated rings. The van der Waals surface area contributed by atoms with Crippen molar-refractivity contribution in [1.82, 2.24) is 5.32 Å². The predicted molar refractivity (Wildman–Crippen MR) is 79.0 cm³/mol. The van der Waals surface area contributed by atoms with Gasteiger partial charge in [0.25, 0.3) is 0 Å². The maximum absolute atomic E-state index is 3.50. The molecule has 18 heavy (non-hydrogen) atoms. The summed E-state index contributed by atoms with van der Waals surface area (Å²) in [4.78, 5) is 0. The Balaban J connectivity index is 2.08. The van der Waals surface area contributed by atoms with Gasteiger partial charge >= 0.3 is 0 Å². The van der Waals surface area contributed by atoms with E-state index < -0.39 is 0 Å². The lowest BCUT2D eigenvalue weighted by Crippen LogP contribution is -2.36. The smallest absolute Gasteiger partial charge is 0.0132 e. The van der Waals surface area contributed by atoms with Crippen LogP contribution in [-0.2, 0) is 19.3 Å². The third-order valence-electron chi connectivity index (χ3n) is 4.68. The molecule has 0 aromatic heterocycles. The van der Waals surface area contributed by atoms with Crippen LogP contribution in [-0.4, -0.2) is 13.1 Å². The van der Waals surface area contributed by atoms with Crippen LogP contribution in [0.3, 0.4) is 0 Å². The van der Waals surface area contributed by atoms with Crippen LogP contribution in [0.15, 0.2) is 18.2 Å². The van der Waals surface area contributed by atoms with Gasteiger partial charge in [0.05, 0.1) is 0 Å². The first-order chi connectivity index (χ1) is 8.61. The number of nitrogens with one attached hydrogen (secondary N) is 1. The molecule has 0 aliphatic heterocycles. The minimum Gasteiger partial charge on any atom is -0.316 e. The van der Waals surface area contributed by atoms with E-state index in [1.807, 2.05) is 0 Å². The van der Waals surface area contributed by atoms with Crippen molar-refractivity contribution in [1.29, 1.82) is 0 Å². The van der Waals surface area contributed by atoms with E-state index in [4.69, 9.17) is 0 Å². The average molecular weight is 245 g/mol. The lowest BCUT2D eigenvalue weighted by atomic mass is 9.86. The molecular weight excluding hydrogens is 218 g/mol. The lowest BCUT2D eigenvalue weighted by molar-refractivity contribution is 0.310. The second-order valence-electron chi connectivity index (χ2n) is 6.16. The molecule has 0 saturated heterocycles. The second kappa shape index (κ2) is 5.88. The van der Waals surface area contributed by atoms with Crippen LogP contribution in [0.4, 0.5) is 0 Å². The minimum absolute atomic E-state index is 0.587. The van der Waals surface area contributed by atoms with E-state index in [1.54, 1.807) is 11.1 Å².